The standard InChI is InChI=1S/C14H15FN4O2/c1-8(13(16)20)18-14(21)10-7-17-19(9(10)2)12-6-4-3-5-11(12)15/h3-8H,1-2H3,(H2,16,20)(H,18,21). The second kappa shape index (κ2) is 5.74. The summed E-state index contributed by atoms with van der Waals surface area (Å²) in [6.07, 6.45) is 1.32. The Morgan fingerprint density at radius 1 is 1.38 bits per heavy atom. The molecule has 0 aliphatic heterocycles. The van der Waals surface area contributed by atoms with Crippen molar-refractivity contribution in [3.05, 3.63) is 47.5 Å². The van der Waals surface area contributed by atoms with Gasteiger partial charge in [0.25, 0.3) is 5.91 Å². The van der Waals surface area contributed by atoms with Crippen LogP contribution < -0.4 is 11.1 Å². The van der Waals surface area contributed by atoms with Gasteiger partial charge < -0.3 is 11.1 Å². The molecule has 1 aromatic carbocycles. The summed E-state index contributed by atoms with van der Waals surface area (Å²) in [5, 5.41) is 6.47. The van der Waals surface area contributed by atoms with Gasteiger partial charge in [-0.2, -0.15) is 5.10 Å². The first-order valence-electron chi connectivity index (χ1n) is 6.31. The number of aromatic nitrogens is 2. The van der Waals surface area contributed by atoms with E-state index in [-0.39, 0.29) is 11.3 Å². The Balaban J connectivity index is 2.31. The van der Waals surface area contributed by atoms with Gasteiger partial charge in [0, 0.05) is 0 Å². The smallest absolute Gasteiger partial charge is 0.255 e. The average molecular weight is 290 g/mol. The van der Waals surface area contributed by atoms with Gasteiger partial charge in [-0.25, -0.2) is 9.07 Å². The van der Waals surface area contributed by atoms with Gasteiger partial charge in [-0.05, 0) is 26.0 Å². The number of halogens is 1. The molecule has 0 aliphatic carbocycles. The number of hydrogen-bond acceptors (Lipinski definition) is 3. The number of nitrogens with one attached hydrogen (secondary N) is 1. The summed E-state index contributed by atoms with van der Waals surface area (Å²) in [6.45, 7) is 3.13. The van der Waals surface area contributed by atoms with Crippen molar-refractivity contribution in [2.45, 2.75) is 19.9 Å². The molecule has 0 spiro atoms. The molecule has 2 amide bonds. The summed E-state index contributed by atoms with van der Waals surface area (Å²) in [5.74, 6) is -1.56. The van der Waals surface area contributed by atoms with E-state index in [1.54, 1.807) is 25.1 Å². The lowest BCUT2D eigenvalue weighted by atomic mass is 10.2. The fraction of sp³-hybridized carbons (Fsp3) is 0.214. The van der Waals surface area contributed by atoms with Crippen LogP contribution in [0.25, 0.3) is 5.69 Å². The fourth-order valence-corrected chi connectivity index (χ4v) is 1.84. The maximum atomic E-state index is 13.8. The molecule has 1 aromatic heterocycles. The Morgan fingerprint density at radius 2 is 2.05 bits per heavy atom. The molecule has 0 fully saturated rings. The Hall–Kier alpha value is -2.70. The van der Waals surface area contributed by atoms with Gasteiger partial charge >= 0.3 is 0 Å². The van der Waals surface area contributed by atoms with E-state index in [0.29, 0.717) is 5.69 Å². The van der Waals surface area contributed by atoms with Crippen LogP contribution in [-0.4, -0.2) is 27.6 Å². The van der Waals surface area contributed by atoms with E-state index in [1.807, 2.05) is 0 Å². The second-order valence-electron chi connectivity index (χ2n) is 4.60. The van der Waals surface area contributed by atoms with Crippen molar-refractivity contribution >= 4 is 11.8 Å². The molecule has 3 N–H and O–H groups in total. The number of amides is 2. The minimum Gasteiger partial charge on any atom is -0.368 e. The summed E-state index contributed by atoms with van der Waals surface area (Å²) in [6, 6.07) is 5.32. The molecule has 21 heavy (non-hydrogen) atoms. The summed E-state index contributed by atoms with van der Waals surface area (Å²) < 4.78 is 15.1. The Bertz CT molecular complexity index is 696. The van der Waals surface area contributed by atoms with E-state index in [2.05, 4.69) is 10.4 Å². The molecule has 0 bridgehead atoms. The SMILES string of the molecule is Cc1c(C(=O)NC(C)C(N)=O)cnn1-c1ccccc1F. The van der Waals surface area contributed by atoms with Gasteiger partial charge in [-0.3, -0.25) is 9.59 Å². The molecule has 1 unspecified atom stereocenters. The molecule has 0 saturated carbocycles. The number of benzene rings is 1. The normalized spacial score (nSPS) is 12.0. The molecular formula is C14H15FN4O2. The second-order valence-corrected chi connectivity index (χ2v) is 4.60. The van der Waals surface area contributed by atoms with E-state index < -0.39 is 23.7 Å². The lowest BCUT2D eigenvalue weighted by Crippen LogP contribution is -2.42. The molecule has 2 aromatic rings. The highest BCUT2D eigenvalue weighted by Gasteiger charge is 2.19. The number of nitrogens with two attached hydrogens (primary N) is 1. The van der Waals surface area contributed by atoms with E-state index in [9.17, 15) is 14.0 Å². The van der Waals surface area contributed by atoms with Gasteiger partial charge in [-0.15, -0.1) is 0 Å². The van der Waals surface area contributed by atoms with Crippen molar-refractivity contribution in [2.24, 2.45) is 5.73 Å². The third-order valence-corrected chi connectivity index (χ3v) is 3.11. The van der Waals surface area contributed by atoms with Crippen LogP contribution in [0.3, 0.4) is 0 Å². The maximum Gasteiger partial charge on any atom is 0.255 e. The van der Waals surface area contributed by atoms with Crippen LogP contribution in [0.2, 0.25) is 0 Å². The zero-order valence-corrected chi connectivity index (χ0v) is 11.6. The van der Waals surface area contributed by atoms with E-state index >= 15 is 0 Å². The molecule has 0 aliphatic rings. The monoisotopic (exact) mass is 290 g/mol. The first-order valence-corrected chi connectivity index (χ1v) is 6.31. The number of primary amides is 1. The van der Waals surface area contributed by atoms with E-state index in [0.717, 1.165) is 0 Å². The van der Waals surface area contributed by atoms with E-state index in [4.69, 9.17) is 5.73 Å². The summed E-state index contributed by atoms with van der Waals surface area (Å²) in [4.78, 5) is 23.0. The van der Waals surface area contributed by atoms with Crippen LogP contribution >= 0.6 is 0 Å². The van der Waals surface area contributed by atoms with E-state index in [1.165, 1.54) is 23.9 Å². The Morgan fingerprint density at radius 3 is 2.67 bits per heavy atom. The van der Waals surface area contributed by atoms with Crippen LogP contribution in [0.4, 0.5) is 4.39 Å². The molecule has 2 rings (SSSR count). The lowest BCUT2D eigenvalue weighted by Gasteiger charge is -2.10. The molecule has 1 heterocycles. The molecular weight excluding hydrogens is 275 g/mol. The number of hydrogen-bond donors (Lipinski definition) is 2. The highest BCUT2D eigenvalue weighted by atomic mass is 19.1. The number of carbonyl (C=O) groups is 2. The van der Waals surface area contributed by atoms with Gasteiger partial charge in [0.2, 0.25) is 5.91 Å². The minimum absolute atomic E-state index is 0.247. The predicted molar refractivity (Wildman–Crippen MR) is 74.4 cm³/mol. The first-order chi connectivity index (χ1) is 9.91. The zero-order chi connectivity index (χ0) is 15.6. The van der Waals surface area contributed by atoms with Crippen LogP contribution in [0.15, 0.2) is 30.5 Å². The number of carbonyl (C=O) groups excluding carboxylic acids is 2. The first kappa shape index (κ1) is 14.7. The maximum absolute atomic E-state index is 13.8. The Kier molecular flexibility index (Phi) is 4.02. The summed E-state index contributed by atoms with van der Waals surface area (Å²) in [5.41, 5.74) is 6.06. The summed E-state index contributed by atoms with van der Waals surface area (Å²) >= 11 is 0. The van der Waals surface area contributed by atoms with Crippen LogP contribution in [-0.2, 0) is 4.79 Å². The highest BCUT2D eigenvalue weighted by Crippen LogP contribution is 2.17. The fourth-order valence-electron chi connectivity index (χ4n) is 1.84. The molecule has 6 nitrogen and oxygen atoms in total. The molecule has 7 heteroatoms. The van der Waals surface area contributed by atoms with Crippen molar-refractivity contribution in [3.63, 3.8) is 0 Å². The van der Waals surface area contributed by atoms with Crippen LogP contribution in [0.5, 0.6) is 0 Å². The van der Waals surface area contributed by atoms with Crippen molar-refractivity contribution < 1.29 is 14.0 Å². The van der Waals surface area contributed by atoms with Gasteiger partial charge in [0.15, 0.2) is 0 Å². The third-order valence-electron chi connectivity index (χ3n) is 3.11. The number of para-hydroxylation sites is 1. The predicted octanol–water partition coefficient (Wildman–Crippen LogP) is 0.923. The minimum atomic E-state index is -0.797. The molecule has 1 atom stereocenters. The van der Waals surface area contributed by atoms with Gasteiger partial charge in [0.1, 0.15) is 17.5 Å². The van der Waals surface area contributed by atoms with Crippen molar-refractivity contribution in [1.82, 2.24) is 15.1 Å². The molecule has 0 radical (unpaired) electrons. The van der Waals surface area contributed by atoms with Crippen molar-refractivity contribution in [3.8, 4) is 5.69 Å². The molecule has 0 saturated heterocycles. The number of rotatable bonds is 4. The van der Waals surface area contributed by atoms with Crippen LogP contribution in [0, 0.1) is 12.7 Å². The van der Waals surface area contributed by atoms with Gasteiger partial charge in [0.05, 0.1) is 17.5 Å². The van der Waals surface area contributed by atoms with Crippen molar-refractivity contribution in [2.75, 3.05) is 0 Å². The zero-order valence-electron chi connectivity index (χ0n) is 11.6. The quantitative estimate of drug-likeness (QED) is 0.877. The molecule has 110 valence electrons. The van der Waals surface area contributed by atoms with Crippen LogP contribution in [0.1, 0.15) is 23.0 Å². The Labute approximate surface area is 120 Å². The highest BCUT2D eigenvalue weighted by molar-refractivity contribution is 5.97. The van der Waals surface area contributed by atoms with Crippen molar-refractivity contribution in [1.29, 1.82) is 0 Å². The topological polar surface area (TPSA) is 90.0 Å². The third kappa shape index (κ3) is 2.91. The summed E-state index contributed by atoms with van der Waals surface area (Å²) in [7, 11) is 0. The average Bonchev–Trinajstić information content (AvgIpc) is 2.81. The van der Waals surface area contributed by atoms with Gasteiger partial charge in [-0.1, -0.05) is 12.1 Å². The lowest BCUT2D eigenvalue weighted by molar-refractivity contribution is -0.119. The largest absolute Gasteiger partial charge is 0.368 e. The number of nitrogens with zero attached hydrogens (tertiary/aromatic N) is 2.